The molecule has 166 valence electrons. The Morgan fingerprint density at radius 2 is 1.87 bits per heavy atom. The molecule has 0 aromatic heterocycles. The van der Waals surface area contributed by atoms with Crippen LogP contribution in [0.3, 0.4) is 0 Å². The highest BCUT2D eigenvalue weighted by atomic mass is 79.9. The van der Waals surface area contributed by atoms with Crippen LogP contribution in [0, 0.1) is 0 Å². The molecule has 0 saturated carbocycles. The third-order valence-electron chi connectivity index (χ3n) is 4.90. The van der Waals surface area contributed by atoms with E-state index in [9.17, 15) is 13.2 Å². The van der Waals surface area contributed by atoms with Gasteiger partial charge in [-0.2, -0.15) is 4.99 Å². The van der Waals surface area contributed by atoms with Crippen molar-refractivity contribution < 1.29 is 22.7 Å². The third kappa shape index (κ3) is 5.13. The number of benzene rings is 1. The summed E-state index contributed by atoms with van der Waals surface area (Å²) in [6, 6.07) is 3.38. The summed E-state index contributed by atoms with van der Waals surface area (Å²) in [6.07, 6.45) is 2.08. The predicted molar refractivity (Wildman–Crippen MR) is 125 cm³/mol. The van der Waals surface area contributed by atoms with Crippen LogP contribution in [0.1, 0.15) is 40.0 Å². The number of carbonyl (C=O) groups is 1. The summed E-state index contributed by atoms with van der Waals surface area (Å²) in [5, 5.41) is 0.398. The Labute approximate surface area is 190 Å². The van der Waals surface area contributed by atoms with Crippen LogP contribution in [0.25, 0.3) is 0 Å². The number of rotatable bonds is 8. The van der Waals surface area contributed by atoms with Crippen molar-refractivity contribution in [3.05, 3.63) is 16.6 Å². The molecule has 2 aliphatic rings. The van der Waals surface area contributed by atoms with E-state index in [1.165, 1.54) is 11.8 Å². The molecule has 2 heterocycles. The molecule has 2 saturated heterocycles. The molecule has 0 spiro atoms. The number of anilines is 1. The van der Waals surface area contributed by atoms with Gasteiger partial charge >= 0.3 is 0 Å². The van der Waals surface area contributed by atoms with Gasteiger partial charge in [-0.15, -0.1) is 0 Å². The highest BCUT2D eigenvalue weighted by Crippen LogP contribution is 2.46. The molecule has 10 heteroatoms. The lowest BCUT2D eigenvalue weighted by Gasteiger charge is -2.27. The minimum absolute atomic E-state index is 0.0382. The summed E-state index contributed by atoms with van der Waals surface area (Å²) in [6.45, 7) is 6.77. The lowest BCUT2D eigenvalue weighted by molar-refractivity contribution is -0.117. The molecule has 1 aromatic rings. The van der Waals surface area contributed by atoms with Crippen LogP contribution >= 0.6 is 27.7 Å². The van der Waals surface area contributed by atoms with Crippen molar-refractivity contribution in [2.45, 2.75) is 51.3 Å². The maximum absolute atomic E-state index is 12.4. The summed E-state index contributed by atoms with van der Waals surface area (Å²) in [7, 11) is -3.14. The fourth-order valence-corrected chi connectivity index (χ4v) is 8.02. The van der Waals surface area contributed by atoms with Crippen molar-refractivity contribution in [2.75, 3.05) is 29.6 Å². The Kier molecular flexibility index (Phi) is 7.73. The molecule has 7 nitrogen and oxygen atoms in total. The largest absolute Gasteiger partial charge is 0.490 e. The summed E-state index contributed by atoms with van der Waals surface area (Å²) in [4.78, 5) is 18.6. The summed E-state index contributed by atoms with van der Waals surface area (Å²) in [5.41, 5.74) is 0.723. The van der Waals surface area contributed by atoms with Gasteiger partial charge in [0.15, 0.2) is 26.5 Å². The lowest BCUT2D eigenvalue weighted by Crippen LogP contribution is -2.38. The Balaban J connectivity index is 2.04. The van der Waals surface area contributed by atoms with Crippen LogP contribution in [0.5, 0.6) is 11.5 Å². The fraction of sp³-hybridized carbons (Fsp3) is 0.600. The molecule has 2 atom stereocenters. The highest BCUT2D eigenvalue weighted by molar-refractivity contribution is 9.10. The molecular formula is C20H27BrN2O5S2. The second kappa shape index (κ2) is 9.91. The molecule has 1 amide bonds. The first kappa shape index (κ1) is 23.4. The number of hydrogen-bond acceptors (Lipinski definition) is 6. The number of hydrogen-bond donors (Lipinski definition) is 0. The van der Waals surface area contributed by atoms with E-state index in [1.54, 1.807) is 0 Å². The fourth-order valence-electron chi connectivity index (χ4n) is 3.58. The van der Waals surface area contributed by atoms with E-state index in [-0.39, 0.29) is 28.7 Å². The van der Waals surface area contributed by atoms with Crippen LogP contribution in [0.2, 0.25) is 0 Å². The average Bonchev–Trinajstić information content (AvgIpc) is 3.13. The topological polar surface area (TPSA) is 85.3 Å². The van der Waals surface area contributed by atoms with Crippen molar-refractivity contribution in [1.29, 1.82) is 0 Å². The van der Waals surface area contributed by atoms with Gasteiger partial charge in [0.25, 0.3) is 0 Å². The van der Waals surface area contributed by atoms with Gasteiger partial charge in [0.05, 0.1) is 36.4 Å². The van der Waals surface area contributed by atoms with Crippen molar-refractivity contribution in [3.8, 4) is 11.5 Å². The van der Waals surface area contributed by atoms with Crippen LogP contribution in [-0.2, 0) is 14.6 Å². The van der Waals surface area contributed by atoms with Gasteiger partial charge in [0, 0.05) is 28.3 Å². The minimum atomic E-state index is -3.14. The van der Waals surface area contributed by atoms with E-state index >= 15 is 0 Å². The van der Waals surface area contributed by atoms with Crippen molar-refractivity contribution >= 4 is 54.3 Å². The smallest absolute Gasteiger partial charge is 0.248 e. The number of thioether (sulfide) groups is 1. The van der Waals surface area contributed by atoms with E-state index in [4.69, 9.17) is 9.47 Å². The molecule has 30 heavy (non-hydrogen) atoms. The number of nitrogens with zero attached hydrogens (tertiary/aromatic N) is 2. The predicted octanol–water partition coefficient (Wildman–Crippen LogP) is 4.04. The number of amides is 1. The SMILES string of the molecule is CCCCC(=O)N=C1S[C@H]2CS(=O)(=O)C[C@@H]2N1c1cc(OCC)c(OCC)cc1Br. The number of sulfone groups is 1. The van der Waals surface area contributed by atoms with Gasteiger partial charge in [-0.3, -0.25) is 4.79 Å². The number of aliphatic imine (C=N–C) groups is 1. The Bertz CT molecular complexity index is 935. The van der Waals surface area contributed by atoms with E-state index in [0.717, 1.165) is 23.0 Å². The van der Waals surface area contributed by atoms with Crippen molar-refractivity contribution in [3.63, 3.8) is 0 Å². The van der Waals surface area contributed by atoms with Gasteiger partial charge in [-0.05, 0) is 36.2 Å². The number of unbranched alkanes of at least 4 members (excludes halogenated alkanes) is 1. The molecule has 1 aromatic carbocycles. The number of ether oxygens (including phenoxy) is 2. The van der Waals surface area contributed by atoms with Gasteiger partial charge < -0.3 is 14.4 Å². The number of halogens is 1. The number of carbonyl (C=O) groups excluding carboxylic acids is 1. The second-order valence-corrected chi connectivity index (χ2v) is 11.4. The summed E-state index contributed by atoms with van der Waals surface area (Å²) in [5.74, 6) is 1.13. The van der Waals surface area contributed by atoms with E-state index in [1.807, 2.05) is 37.8 Å². The van der Waals surface area contributed by atoms with Crippen molar-refractivity contribution in [2.24, 2.45) is 4.99 Å². The molecular weight excluding hydrogens is 492 g/mol. The minimum Gasteiger partial charge on any atom is -0.490 e. The van der Waals surface area contributed by atoms with E-state index < -0.39 is 9.84 Å². The zero-order valence-electron chi connectivity index (χ0n) is 17.4. The molecule has 2 aliphatic heterocycles. The molecule has 3 rings (SSSR count). The molecule has 0 N–H and O–H groups in total. The molecule has 2 fully saturated rings. The Morgan fingerprint density at radius 1 is 1.20 bits per heavy atom. The van der Waals surface area contributed by atoms with Crippen LogP contribution < -0.4 is 14.4 Å². The quantitative estimate of drug-likeness (QED) is 0.513. The van der Waals surface area contributed by atoms with Crippen LogP contribution in [0.4, 0.5) is 5.69 Å². The van der Waals surface area contributed by atoms with Crippen LogP contribution in [0.15, 0.2) is 21.6 Å². The van der Waals surface area contributed by atoms with Gasteiger partial charge in [0.1, 0.15) is 0 Å². The lowest BCUT2D eigenvalue weighted by atomic mass is 10.2. The first-order valence-corrected chi connectivity index (χ1v) is 13.7. The normalized spacial score (nSPS) is 23.6. The molecule has 0 unspecified atom stereocenters. The standard InChI is InChI=1S/C20H27BrN2O5S2/c1-4-7-8-19(24)22-20-23(15-11-30(25,26)12-18(15)29-20)14-10-17(28-6-3)16(27-5-2)9-13(14)21/h9-10,15,18H,4-8,11-12H2,1-3H3/t15-,18-/m0/s1. The summed E-state index contributed by atoms with van der Waals surface area (Å²) >= 11 is 4.97. The third-order valence-corrected chi connectivity index (χ3v) is 8.75. The monoisotopic (exact) mass is 518 g/mol. The zero-order valence-corrected chi connectivity index (χ0v) is 20.6. The number of fused-ring (bicyclic) bond motifs is 1. The molecule has 0 bridgehead atoms. The number of amidine groups is 1. The first-order valence-electron chi connectivity index (χ1n) is 10.2. The summed E-state index contributed by atoms with van der Waals surface area (Å²) < 4.78 is 36.7. The van der Waals surface area contributed by atoms with E-state index in [2.05, 4.69) is 20.9 Å². The molecule has 0 aliphatic carbocycles. The van der Waals surface area contributed by atoms with E-state index in [0.29, 0.717) is 36.3 Å². The average molecular weight is 519 g/mol. The van der Waals surface area contributed by atoms with Crippen molar-refractivity contribution in [1.82, 2.24) is 0 Å². The highest BCUT2D eigenvalue weighted by Gasteiger charge is 2.50. The Hall–Kier alpha value is -1.26. The van der Waals surface area contributed by atoms with Gasteiger partial charge in [-0.25, -0.2) is 8.42 Å². The second-order valence-electron chi connectivity index (χ2n) is 7.18. The maximum Gasteiger partial charge on any atom is 0.248 e. The Morgan fingerprint density at radius 3 is 2.50 bits per heavy atom. The maximum atomic E-state index is 12.4. The van der Waals surface area contributed by atoms with Gasteiger partial charge in [0.2, 0.25) is 5.91 Å². The van der Waals surface area contributed by atoms with Gasteiger partial charge in [-0.1, -0.05) is 25.1 Å². The first-order chi connectivity index (χ1) is 14.3. The molecule has 0 radical (unpaired) electrons. The van der Waals surface area contributed by atoms with Crippen LogP contribution in [-0.4, -0.2) is 55.5 Å². The zero-order chi connectivity index (χ0) is 21.9.